The van der Waals surface area contributed by atoms with Crippen molar-refractivity contribution in [1.29, 1.82) is 0 Å². The summed E-state index contributed by atoms with van der Waals surface area (Å²) in [6.45, 7) is 3.01. The predicted molar refractivity (Wildman–Crippen MR) is 91.8 cm³/mol. The second-order valence-corrected chi connectivity index (χ2v) is 6.79. The first-order valence-electron chi connectivity index (χ1n) is 8.72. The lowest BCUT2D eigenvalue weighted by Crippen LogP contribution is -2.37. The third-order valence-electron chi connectivity index (χ3n) is 5.07. The smallest absolute Gasteiger partial charge is 0.228 e. The molecule has 0 saturated carbocycles. The summed E-state index contributed by atoms with van der Waals surface area (Å²) in [5.74, 6) is 0.523. The first-order valence-corrected chi connectivity index (χ1v) is 8.72. The lowest BCUT2D eigenvalue weighted by Gasteiger charge is -2.26. The topological polar surface area (TPSA) is 66.7 Å². The highest BCUT2D eigenvalue weighted by molar-refractivity contribution is 6.00. The van der Waals surface area contributed by atoms with Gasteiger partial charge in [0.15, 0.2) is 0 Å². The van der Waals surface area contributed by atoms with Gasteiger partial charge in [-0.05, 0) is 31.9 Å². The molecule has 0 radical (unpaired) electrons. The van der Waals surface area contributed by atoms with E-state index in [0.717, 1.165) is 30.0 Å². The predicted octanol–water partition coefficient (Wildman–Crippen LogP) is 2.70. The number of amides is 2. The molecule has 6 nitrogen and oxygen atoms in total. The molecule has 2 aromatic rings. The summed E-state index contributed by atoms with van der Waals surface area (Å²) >= 11 is 0. The monoisotopic (exact) mass is 339 g/mol. The minimum absolute atomic E-state index is 0.0116. The van der Waals surface area contributed by atoms with Gasteiger partial charge < -0.3 is 14.3 Å². The SMILES string of the molecule is Cc1cc([C@H]2CCCN2C(=O)[C@H]2CC(=O)N(c3ccccc3)C2)no1. The van der Waals surface area contributed by atoms with Gasteiger partial charge >= 0.3 is 0 Å². The van der Waals surface area contributed by atoms with Crippen molar-refractivity contribution in [2.75, 3.05) is 18.0 Å². The standard InChI is InChI=1S/C19H21N3O3/c1-13-10-16(20-25-13)17-8-5-9-21(17)19(24)14-11-18(23)22(12-14)15-6-3-2-4-7-15/h2-4,6-7,10,14,17H,5,8-9,11-12H2,1H3/t14-,17+/m0/s1. The molecular formula is C19H21N3O3. The molecule has 1 aromatic heterocycles. The summed E-state index contributed by atoms with van der Waals surface area (Å²) in [4.78, 5) is 29.0. The molecule has 130 valence electrons. The van der Waals surface area contributed by atoms with Gasteiger partial charge in [-0.2, -0.15) is 0 Å². The Morgan fingerprint density at radius 1 is 1.28 bits per heavy atom. The molecule has 2 aliphatic heterocycles. The van der Waals surface area contributed by atoms with Crippen LogP contribution < -0.4 is 4.90 Å². The number of likely N-dealkylation sites (tertiary alicyclic amines) is 1. The number of para-hydroxylation sites is 1. The molecule has 2 fully saturated rings. The van der Waals surface area contributed by atoms with E-state index in [9.17, 15) is 9.59 Å². The quantitative estimate of drug-likeness (QED) is 0.862. The third kappa shape index (κ3) is 2.92. The van der Waals surface area contributed by atoms with Gasteiger partial charge in [0, 0.05) is 31.3 Å². The van der Waals surface area contributed by atoms with Crippen LogP contribution in [0.5, 0.6) is 0 Å². The Kier molecular flexibility index (Phi) is 4.03. The van der Waals surface area contributed by atoms with Gasteiger partial charge in [0.25, 0.3) is 0 Å². The van der Waals surface area contributed by atoms with E-state index in [1.807, 2.05) is 48.2 Å². The number of carbonyl (C=O) groups excluding carboxylic acids is 2. The number of carbonyl (C=O) groups is 2. The average molecular weight is 339 g/mol. The number of rotatable bonds is 3. The Hall–Kier alpha value is -2.63. The van der Waals surface area contributed by atoms with Gasteiger partial charge in [-0.1, -0.05) is 23.4 Å². The Morgan fingerprint density at radius 2 is 2.08 bits per heavy atom. The molecule has 2 amide bonds. The number of anilines is 1. The van der Waals surface area contributed by atoms with Crippen LogP contribution >= 0.6 is 0 Å². The maximum absolute atomic E-state index is 13.0. The normalized spacial score (nSPS) is 23.5. The van der Waals surface area contributed by atoms with E-state index in [4.69, 9.17) is 4.52 Å². The van der Waals surface area contributed by atoms with E-state index in [1.165, 1.54) is 0 Å². The Balaban J connectivity index is 1.50. The molecular weight excluding hydrogens is 318 g/mol. The molecule has 6 heteroatoms. The van der Waals surface area contributed by atoms with Crippen molar-refractivity contribution in [3.8, 4) is 0 Å². The number of benzene rings is 1. The summed E-state index contributed by atoms with van der Waals surface area (Å²) < 4.78 is 5.17. The van der Waals surface area contributed by atoms with Crippen molar-refractivity contribution < 1.29 is 14.1 Å². The molecule has 1 aromatic carbocycles. The lowest BCUT2D eigenvalue weighted by atomic mass is 10.1. The van der Waals surface area contributed by atoms with Gasteiger partial charge in [0.05, 0.1) is 12.0 Å². The summed E-state index contributed by atoms with van der Waals surface area (Å²) in [7, 11) is 0. The highest BCUT2D eigenvalue weighted by atomic mass is 16.5. The first kappa shape index (κ1) is 15.9. The molecule has 0 unspecified atom stereocenters. The second-order valence-electron chi connectivity index (χ2n) is 6.79. The minimum Gasteiger partial charge on any atom is -0.361 e. The maximum atomic E-state index is 13.0. The lowest BCUT2D eigenvalue weighted by molar-refractivity contribution is -0.136. The molecule has 3 heterocycles. The van der Waals surface area contributed by atoms with Crippen molar-refractivity contribution in [3.05, 3.63) is 47.9 Å². The zero-order chi connectivity index (χ0) is 17.4. The average Bonchev–Trinajstić information content (AvgIpc) is 3.34. The van der Waals surface area contributed by atoms with Gasteiger partial charge in [-0.3, -0.25) is 9.59 Å². The van der Waals surface area contributed by atoms with Crippen LogP contribution in [0.3, 0.4) is 0 Å². The van der Waals surface area contributed by atoms with Crippen LogP contribution in [0.2, 0.25) is 0 Å². The molecule has 2 saturated heterocycles. The number of aromatic nitrogens is 1. The number of hydrogen-bond acceptors (Lipinski definition) is 4. The maximum Gasteiger partial charge on any atom is 0.228 e. The van der Waals surface area contributed by atoms with Crippen molar-refractivity contribution >= 4 is 17.5 Å². The van der Waals surface area contributed by atoms with E-state index in [1.54, 1.807) is 4.90 Å². The van der Waals surface area contributed by atoms with E-state index in [-0.39, 0.29) is 30.2 Å². The first-order chi connectivity index (χ1) is 12.1. The van der Waals surface area contributed by atoms with Crippen molar-refractivity contribution in [2.45, 2.75) is 32.2 Å². The Bertz CT molecular complexity index is 786. The van der Waals surface area contributed by atoms with Crippen molar-refractivity contribution in [1.82, 2.24) is 10.1 Å². The number of nitrogens with zero attached hydrogens (tertiary/aromatic N) is 3. The van der Waals surface area contributed by atoms with Gasteiger partial charge in [0.2, 0.25) is 11.8 Å². The highest BCUT2D eigenvalue weighted by Crippen LogP contribution is 2.35. The van der Waals surface area contributed by atoms with Gasteiger partial charge in [0.1, 0.15) is 11.5 Å². The molecule has 0 bridgehead atoms. The van der Waals surface area contributed by atoms with Crippen LogP contribution in [0.1, 0.15) is 36.8 Å². The van der Waals surface area contributed by atoms with Crippen molar-refractivity contribution in [2.24, 2.45) is 5.92 Å². The molecule has 4 rings (SSSR count). The van der Waals surface area contributed by atoms with Crippen LogP contribution in [-0.2, 0) is 9.59 Å². The van der Waals surface area contributed by atoms with Crippen LogP contribution in [0.25, 0.3) is 0 Å². The van der Waals surface area contributed by atoms with Gasteiger partial charge in [-0.25, -0.2) is 0 Å². The molecule has 2 atom stereocenters. The van der Waals surface area contributed by atoms with Crippen LogP contribution in [0, 0.1) is 12.8 Å². The molecule has 25 heavy (non-hydrogen) atoms. The van der Waals surface area contributed by atoms with E-state index in [2.05, 4.69) is 5.16 Å². The largest absolute Gasteiger partial charge is 0.361 e. The number of aryl methyl sites for hydroxylation is 1. The van der Waals surface area contributed by atoms with E-state index in [0.29, 0.717) is 13.1 Å². The zero-order valence-electron chi connectivity index (χ0n) is 14.2. The molecule has 0 N–H and O–H groups in total. The van der Waals surface area contributed by atoms with Gasteiger partial charge in [-0.15, -0.1) is 0 Å². The fraction of sp³-hybridized carbons (Fsp3) is 0.421. The van der Waals surface area contributed by atoms with Crippen LogP contribution in [-0.4, -0.2) is 35.0 Å². The fourth-order valence-corrected chi connectivity index (χ4v) is 3.85. The summed E-state index contributed by atoms with van der Waals surface area (Å²) in [6, 6.07) is 11.4. The zero-order valence-corrected chi connectivity index (χ0v) is 14.2. The minimum atomic E-state index is -0.290. The molecule has 0 spiro atoms. The molecule has 0 aliphatic carbocycles. The summed E-state index contributed by atoms with van der Waals surface area (Å²) in [6.07, 6.45) is 2.11. The number of hydrogen-bond donors (Lipinski definition) is 0. The summed E-state index contributed by atoms with van der Waals surface area (Å²) in [5, 5.41) is 4.09. The Labute approximate surface area is 146 Å². The highest BCUT2D eigenvalue weighted by Gasteiger charge is 2.41. The van der Waals surface area contributed by atoms with E-state index < -0.39 is 0 Å². The van der Waals surface area contributed by atoms with Crippen LogP contribution in [0.15, 0.2) is 40.9 Å². The third-order valence-corrected chi connectivity index (χ3v) is 5.07. The van der Waals surface area contributed by atoms with Crippen LogP contribution in [0.4, 0.5) is 5.69 Å². The molecule has 2 aliphatic rings. The van der Waals surface area contributed by atoms with Crippen molar-refractivity contribution in [3.63, 3.8) is 0 Å². The fourth-order valence-electron chi connectivity index (χ4n) is 3.85. The second kappa shape index (κ2) is 6.35. The Morgan fingerprint density at radius 3 is 2.80 bits per heavy atom. The van der Waals surface area contributed by atoms with E-state index >= 15 is 0 Å². The summed E-state index contributed by atoms with van der Waals surface area (Å²) in [5.41, 5.74) is 1.67.